The van der Waals surface area contributed by atoms with E-state index in [1.54, 1.807) is 18.2 Å². The van der Waals surface area contributed by atoms with Gasteiger partial charge < -0.3 is 10.5 Å². The summed E-state index contributed by atoms with van der Waals surface area (Å²) in [5.74, 6) is 1.01. The van der Waals surface area contributed by atoms with Crippen molar-refractivity contribution in [2.75, 3.05) is 0 Å². The van der Waals surface area contributed by atoms with Gasteiger partial charge >= 0.3 is 0 Å². The molecular formula is C17H19ClN2O. The van der Waals surface area contributed by atoms with Crippen molar-refractivity contribution >= 4 is 17.4 Å². The first kappa shape index (κ1) is 15.4. The van der Waals surface area contributed by atoms with Gasteiger partial charge in [0.05, 0.1) is 5.56 Å². The molecule has 0 aromatic heterocycles. The van der Waals surface area contributed by atoms with Crippen LogP contribution in [0.25, 0.3) is 0 Å². The molecule has 0 radical (unpaired) electrons. The second kappa shape index (κ2) is 6.64. The standard InChI is InChI=1S/C17H19ClN2O/c1-11(2)13-5-3-12(4-6-13)10-21-16-9-14(18)7-8-15(16)17(19)20/h3-9,11H,10H2,1-2H3,(H3,19,20). The number of nitrogens with two attached hydrogens (primary N) is 1. The van der Waals surface area contributed by atoms with Gasteiger partial charge in [-0.05, 0) is 35.2 Å². The van der Waals surface area contributed by atoms with Gasteiger partial charge in [0.1, 0.15) is 18.2 Å². The topological polar surface area (TPSA) is 59.1 Å². The molecule has 3 N–H and O–H groups in total. The zero-order chi connectivity index (χ0) is 15.4. The molecule has 0 aliphatic rings. The van der Waals surface area contributed by atoms with Gasteiger partial charge in [0.2, 0.25) is 0 Å². The van der Waals surface area contributed by atoms with Gasteiger partial charge in [-0.15, -0.1) is 0 Å². The van der Waals surface area contributed by atoms with Crippen LogP contribution >= 0.6 is 11.6 Å². The molecule has 2 aromatic rings. The Kier molecular flexibility index (Phi) is 4.86. The van der Waals surface area contributed by atoms with Crippen LogP contribution in [0.3, 0.4) is 0 Å². The van der Waals surface area contributed by atoms with Crippen molar-refractivity contribution in [3.05, 3.63) is 64.2 Å². The first-order valence-electron chi connectivity index (χ1n) is 6.83. The maximum Gasteiger partial charge on any atom is 0.132 e. The molecule has 110 valence electrons. The molecule has 2 rings (SSSR count). The van der Waals surface area contributed by atoms with Crippen LogP contribution in [-0.2, 0) is 6.61 Å². The summed E-state index contributed by atoms with van der Waals surface area (Å²) in [4.78, 5) is 0. The van der Waals surface area contributed by atoms with Crippen molar-refractivity contribution in [1.29, 1.82) is 5.41 Å². The van der Waals surface area contributed by atoms with E-state index in [4.69, 9.17) is 27.5 Å². The molecule has 0 saturated carbocycles. The second-order valence-electron chi connectivity index (χ2n) is 5.24. The van der Waals surface area contributed by atoms with E-state index in [9.17, 15) is 0 Å². The van der Waals surface area contributed by atoms with Crippen LogP contribution in [0.2, 0.25) is 5.02 Å². The molecule has 0 atom stereocenters. The van der Waals surface area contributed by atoms with Gasteiger partial charge in [-0.2, -0.15) is 0 Å². The van der Waals surface area contributed by atoms with Gasteiger partial charge in [0, 0.05) is 5.02 Å². The molecule has 0 spiro atoms. The molecule has 0 bridgehead atoms. The molecule has 0 amide bonds. The van der Waals surface area contributed by atoms with E-state index in [-0.39, 0.29) is 5.84 Å². The first-order chi connectivity index (χ1) is 9.97. The van der Waals surface area contributed by atoms with Gasteiger partial charge in [-0.3, -0.25) is 5.41 Å². The zero-order valence-corrected chi connectivity index (χ0v) is 12.9. The number of rotatable bonds is 5. The molecule has 0 aliphatic carbocycles. The summed E-state index contributed by atoms with van der Waals surface area (Å²) in [5.41, 5.74) is 8.46. The molecule has 2 aromatic carbocycles. The van der Waals surface area contributed by atoms with E-state index in [0.29, 0.717) is 28.9 Å². The summed E-state index contributed by atoms with van der Waals surface area (Å²) in [5, 5.41) is 8.12. The van der Waals surface area contributed by atoms with E-state index >= 15 is 0 Å². The predicted octanol–water partition coefficient (Wildman–Crippen LogP) is 4.33. The van der Waals surface area contributed by atoms with E-state index in [1.807, 2.05) is 12.1 Å². The zero-order valence-electron chi connectivity index (χ0n) is 12.2. The number of benzene rings is 2. The average Bonchev–Trinajstić information content (AvgIpc) is 2.45. The Hall–Kier alpha value is -2.00. The number of amidine groups is 1. The van der Waals surface area contributed by atoms with E-state index < -0.39 is 0 Å². The van der Waals surface area contributed by atoms with E-state index in [0.717, 1.165) is 5.56 Å². The van der Waals surface area contributed by atoms with E-state index in [2.05, 4.69) is 26.0 Å². The summed E-state index contributed by atoms with van der Waals surface area (Å²) in [6, 6.07) is 13.4. The number of hydrogen-bond donors (Lipinski definition) is 2. The second-order valence-corrected chi connectivity index (χ2v) is 5.68. The lowest BCUT2D eigenvalue weighted by Crippen LogP contribution is -2.13. The van der Waals surface area contributed by atoms with Crippen LogP contribution in [-0.4, -0.2) is 5.84 Å². The number of nitrogens with one attached hydrogen (secondary N) is 1. The van der Waals surface area contributed by atoms with Crippen molar-refractivity contribution in [2.24, 2.45) is 5.73 Å². The SMILES string of the molecule is CC(C)c1ccc(COc2cc(Cl)ccc2C(=N)N)cc1. The molecule has 3 nitrogen and oxygen atoms in total. The molecule has 4 heteroatoms. The summed E-state index contributed by atoms with van der Waals surface area (Å²) >= 11 is 5.97. The minimum atomic E-state index is -0.0307. The van der Waals surface area contributed by atoms with Crippen LogP contribution in [0.1, 0.15) is 36.5 Å². The number of nitrogen functional groups attached to an aromatic ring is 1. The van der Waals surface area contributed by atoms with Crippen LogP contribution in [0.4, 0.5) is 0 Å². The molecule has 0 saturated heterocycles. The summed E-state index contributed by atoms with van der Waals surface area (Å²) in [6.45, 7) is 4.74. The first-order valence-corrected chi connectivity index (χ1v) is 7.20. The van der Waals surface area contributed by atoms with Crippen molar-refractivity contribution in [3.8, 4) is 5.75 Å². The maximum absolute atomic E-state index is 7.56. The Morgan fingerprint density at radius 1 is 1.19 bits per heavy atom. The van der Waals surface area contributed by atoms with Crippen molar-refractivity contribution < 1.29 is 4.74 Å². The Morgan fingerprint density at radius 3 is 2.43 bits per heavy atom. The maximum atomic E-state index is 7.56. The molecular weight excluding hydrogens is 284 g/mol. The van der Waals surface area contributed by atoms with Crippen LogP contribution < -0.4 is 10.5 Å². The fourth-order valence-electron chi connectivity index (χ4n) is 2.00. The van der Waals surface area contributed by atoms with Gasteiger partial charge in [0.15, 0.2) is 0 Å². The largest absolute Gasteiger partial charge is 0.488 e. The van der Waals surface area contributed by atoms with Crippen LogP contribution in [0, 0.1) is 5.41 Å². The highest BCUT2D eigenvalue weighted by molar-refractivity contribution is 6.30. The highest BCUT2D eigenvalue weighted by atomic mass is 35.5. The molecule has 0 aliphatic heterocycles. The Balaban J connectivity index is 2.12. The molecule has 21 heavy (non-hydrogen) atoms. The quantitative estimate of drug-likeness (QED) is 0.638. The van der Waals surface area contributed by atoms with Crippen LogP contribution in [0.15, 0.2) is 42.5 Å². The molecule has 0 heterocycles. The monoisotopic (exact) mass is 302 g/mol. The Labute approximate surface area is 130 Å². The fourth-order valence-corrected chi connectivity index (χ4v) is 2.16. The smallest absolute Gasteiger partial charge is 0.132 e. The third-order valence-electron chi connectivity index (χ3n) is 3.27. The number of ether oxygens (including phenoxy) is 1. The highest BCUT2D eigenvalue weighted by Crippen LogP contribution is 2.24. The number of hydrogen-bond acceptors (Lipinski definition) is 2. The van der Waals surface area contributed by atoms with Crippen molar-refractivity contribution in [1.82, 2.24) is 0 Å². The Bertz CT molecular complexity index is 636. The summed E-state index contributed by atoms with van der Waals surface area (Å²) in [6.07, 6.45) is 0. The fraction of sp³-hybridized carbons (Fsp3) is 0.235. The lowest BCUT2D eigenvalue weighted by atomic mass is 10.0. The number of halogens is 1. The highest BCUT2D eigenvalue weighted by Gasteiger charge is 2.08. The van der Waals surface area contributed by atoms with Gasteiger partial charge in [0.25, 0.3) is 0 Å². The normalized spacial score (nSPS) is 10.7. The van der Waals surface area contributed by atoms with Crippen molar-refractivity contribution in [3.63, 3.8) is 0 Å². The predicted molar refractivity (Wildman–Crippen MR) is 87.3 cm³/mol. The minimum absolute atomic E-state index is 0.0307. The van der Waals surface area contributed by atoms with E-state index in [1.165, 1.54) is 5.56 Å². The van der Waals surface area contributed by atoms with Crippen molar-refractivity contribution in [2.45, 2.75) is 26.4 Å². The van der Waals surface area contributed by atoms with Crippen LogP contribution in [0.5, 0.6) is 5.75 Å². The summed E-state index contributed by atoms with van der Waals surface area (Å²) in [7, 11) is 0. The minimum Gasteiger partial charge on any atom is -0.488 e. The average molecular weight is 303 g/mol. The Morgan fingerprint density at radius 2 is 1.86 bits per heavy atom. The van der Waals surface area contributed by atoms with Gasteiger partial charge in [-0.1, -0.05) is 49.7 Å². The molecule has 0 unspecified atom stereocenters. The summed E-state index contributed by atoms with van der Waals surface area (Å²) < 4.78 is 5.76. The third-order valence-corrected chi connectivity index (χ3v) is 3.51. The lowest BCUT2D eigenvalue weighted by Gasteiger charge is -2.12. The lowest BCUT2D eigenvalue weighted by molar-refractivity contribution is 0.305. The van der Waals surface area contributed by atoms with Gasteiger partial charge in [-0.25, -0.2) is 0 Å². The third kappa shape index (κ3) is 3.99. The molecule has 0 fully saturated rings.